The van der Waals surface area contributed by atoms with Crippen molar-refractivity contribution in [3.8, 4) is 0 Å². The average Bonchev–Trinajstić information content (AvgIpc) is 3.18. The van der Waals surface area contributed by atoms with E-state index >= 15 is 0 Å². The van der Waals surface area contributed by atoms with Crippen LogP contribution in [0.2, 0.25) is 0 Å². The Morgan fingerprint density at radius 3 is 2.92 bits per heavy atom. The van der Waals surface area contributed by atoms with Gasteiger partial charge in [0, 0.05) is 25.4 Å². The van der Waals surface area contributed by atoms with Gasteiger partial charge in [0.15, 0.2) is 0 Å². The summed E-state index contributed by atoms with van der Waals surface area (Å²) in [6, 6.07) is 4.77. The Kier molecular flexibility index (Phi) is 4.55. The zero-order valence-corrected chi connectivity index (χ0v) is 14.3. The molecule has 1 fully saturated rings. The standard InChI is InChI=1S/C18H23FN4O/c1-12-6-7-14(9-16(12)19)13(2)21-18(24)23-8-4-5-17(23)15-10-20-22(3)11-15/h6-7,9-11,13,17H,4-5,8H2,1-3H3,(H,21,24)/t13-,17-/m0/s1. The van der Waals surface area contributed by atoms with Crippen LogP contribution in [0.5, 0.6) is 0 Å². The number of halogens is 1. The van der Waals surface area contributed by atoms with Crippen LogP contribution >= 0.6 is 0 Å². The van der Waals surface area contributed by atoms with Crippen LogP contribution in [0.15, 0.2) is 30.6 Å². The van der Waals surface area contributed by atoms with E-state index in [1.807, 2.05) is 37.3 Å². The second-order valence-electron chi connectivity index (χ2n) is 6.48. The number of hydrogen-bond acceptors (Lipinski definition) is 2. The summed E-state index contributed by atoms with van der Waals surface area (Å²) in [4.78, 5) is 14.5. The number of benzene rings is 1. The summed E-state index contributed by atoms with van der Waals surface area (Å²) in [6.07, 6.45) is 5.68. The van der Waals surface area contributed by atoms with E-state index in [2.05, 4.69) is 10.4 Å². The number of amides is 2. The number of likely N-dealkylation sites (tertiary alicyclic amines) is 1. The average molecular weight is 330 g/mol. The van der Waals surface area contributed by atoms with Crippen LogP contribution in [-0.2, 0) is 7.05 Å². The zero-order chi connectivity index (χ0) is 17.3. The zero-order valence-electron chi connectivity index (χ0n) is 14.3. The van der Waals surface area contributed by atoms with Gasteiger partial charge in [-0.25, -0.2) is 9.18 Å². The number of aromatic nitrogens is 2. The van der Waals surface area contributed by atoms with E-state index in [1.165, 1.54) is 6.07 Å². The van der Waals surface area contributed by atoms with Crippen molar-refractivity contribution in [1.29, 1.82) is 0 Å². The first-order valence-corrected chi connectivity index (χ1v) is 8.27. The van der Waals surface area contributed by atoms with Gasteiger partial charge < -0.3 is 10.2 Å². The third-order valence-electron chi connectivity index (χ3n) is 4.66. The highest BCUT2D eigenvalue weighted by atomic mass is 19.1. The van der Waals surface area contributed by atoms with E-state index in [0.29, 0.717) is 5.56 Å². The third kappa shape index (κ3) is 3.27. The van der Waals surface area contributed by atoms with Crippen LogP contribution < -0.4 is 5.32 Å². The minimum absolute atomic E-state index is 0.0562. The monoisotopic (exact) mass is 330 g/mol. The summed E-state index contributed by atoms with van der Waals surface area (Å²) < 4.78 is 15.5. The Balaban J connectivity index is 1.70. The maximum Gasteiger partial charge on any atom is 0.318 e. The molecule has 2 atom stereocenters. The Hall–Kier alpha value is -2.37. The number of hydrogen-bond donors (Lipinski definition) is 1. The Bertz CT molecular complexity index is 742. The first-order valence-electron chi connectivity index (χ1n) is 8.27. The van der Waals surface area contributed by atoms with Crippen molar-refractivity contribution in [1.82, 2.24) is 20.0 Å². The van der Waals surface area contributed by atoms with Crippen LogP contribution in [0.25, 0.3) is 0 Å². The summed E-state index contributed by atoms with van der Waals surface area (Å²) in [6.45, 7) is 4.32. The highest BCUT2D eigenvalue weighted by Gasteiger charge is 2.31. The summed E-state index contributed by atoms with van der Waals surface area (Å²) in [5.74, 6) is -0.247. The molecule has 0 radical (unpaired) electrons. The SMILES string of the molecule is Cc1ccc([C@H](C)NC(=O)N2CCC[C@H]2c2cnn(C)c2)cc1F. The molecular weight excluding hydrogens is 307 g/mol. The lowest BCUT2D eigenvalue weighted by Crippen LogP contribution is -2.40. The molecule has 1 N–H and O–H groups in total. The molecule has 2 aromatic rings. The topological polar surface area (TPSA) is 50.2 Å². The molecule has 2 amide bonds. The summed E-state index contributed by atoms with van der Waals surface area (Å²) in [5.41, 5.74) is 2.43. The van der Waals surface area contributed by atoms with Crippen molar-refractivity contribution in [2.75, 3.05) is 6.54 Å². The molecule has 0 saturated carbocycles. The third-order valence-corrected chi connectivity index (χ3v) is 4.66. The number of carbonyl (C=O) groups is 1. The number of nitrogens with zero attached hydrogens (tertiary/aromatic N) is 3. The quantitative estimate of drug-likeness (QED) is 0.937. The normalized spacial score (nSPS) is 18.7. The van der Waals surface area contributed by atoms with Crippen LogP contribution in [0.1, 0.15) is 48.5 Å². The lowest BCUT2D eigenvalue weighted by atomic mass is 10.1. The second kappa shape index (κ2) is 6.63. The van der Waals surface area contributed by atoms with Gasteiger partial charge in [-0.3, -0.25) is 4.68 Å². The number of urea groups is 1. The van der Waals surface area contributed by atoms with Crippen LogP contribution in [0, 0.1) is 12.7 Å². The maximum atomic E-state index is 13.7. The van der Waals surface area contributed by atoms with Crippen molar-refractivity contribution in [3.05, 3.63) is 53.1 Å². The van der Waals surface area contributed by atoms with E-state index in [0.717, 1.165) is 30.5 Å². The molecule has 0 unspecified atom stereocenters. The molecule has 128 valence electrons. The number of aryl methyl sites for hydroxylation is 2. The van der Waals surface area contributed by atoms with Gasteiger partial charge in [-0.2, -0.15) is 5.10 Å². The fourth-order valence-electron chi connectivity index (χ4n) is 3.20. The molecule has 5 nitrogen and oxygen atoms in total. The fraction of sp³-hybridized carbons (Fsp3) is 0.444. The number of carbonyl (C=O) groups excluding carboxylic acids is 1. The Morgan fingerprint density at radius 1 is 1.46 bits per heavy atom. The maximum absolute atomic E-state index is 13.7. The van der Waals surface area contributed by atoms with Crippen molar-refractivity contribution in [2.45, 2.75) is 38.8 Å². The van der Waals surface area contributed by atoms with Gasteiger partial charge in [0.25, 0.3) is 0 Å². The molecular formula is C18H23FN4O. The molecule has 0 spiro atoms. The molecule has 1 aliphatic heterocycles. The molecule has 1 aromatic carbocycles. The number of rotatable bonds is 3. The van der Waals surface area contributed by atoms with E-state index in [1.54, 1.807) is 17.7 Å². The predicted molar refractivity (Wildman–Crippen MR) is 90.0 cm³/mol. The highest BCUT2D eigenvalue weighted by molar-refractivity contribution is 5.75. The van der Waals surface area contributed by atoms with Crippen molar-refractivity contribution < 1.29 is 9.18 Å². The van der Waals surface area contributed by atoms with Crippen molar-refractivity contribution in [3.63, 3.8) is 0 Å². The van der Waals surface area contributed by atoms with Gasteiger partial charge in [0.2, 0.25) is 0 Å². The molecule has 1 aromatic heterocycles. The lowest BCUT2D eigenvalue weighted by Gasteiger charge is -2.26. The predicted octanol–water partition coefficient (Wildman–Crippen LogP) is 3.48. The van der Waals surface area contributed by atoms with Gasteiger partial charge in [-0.1, -0.05) is 12.1 Å². The minimum Gasteiger partial charge on any atom is -0.331 e. The first kappa shape index (κ1) is 16.5. The Morgan fingerprint density at radius 2 is 2.25 bits per heavy atom. The molecule has 1 saturated heterocycles. The van der Waals surface area contributed by atoms with E-state index in [4.69, 9.17) is 0 Å². The van der Waals surface area contributed by atoms with Crippen molar-refractivity contribution >= 4 is 6.03 Å². The molecule has 6 heteroatoms. The highest BCUT2D eigenvalue weighted by Crippen LogP contribution is 2.31. The minimum atomic E-state index is -0.247. The molecule has 24 heavy (non-hydrogen) atoms. The molecule has 3 rings (SSSR count). The van der Waals surface area contributed by atoms with Crippen LogP contribution in [0.3, 0.4) is 0 Å². The number of nitrogens with one attached hydrogen (secondary N) is 1. The molecule has 0 aliphatic carbocycles. The largest absolute Gasteiger partial charge is 0.331 e. The van der Waals surface area contributed by atoms with E-state index < -0.39 is 0 Å². The van der Waals surface area contributed by atoms with Gasteiger partial charge >= 0.3 is 6.03 Å². The molecule has 2 heterocycles. The van der Waals surface area contributed by atoms with Crippen molar-refractivity contribution in [2.24, 2.45) is 7.05 Å². The Labute approximate surface area is 141 Å². The smallest absolute Gasteiger partial charge is 0.318 e. The summed E-state index contributed by atoms with van der Waals surface area (Å²) >= 11 is 0. The van der Waals surface area contributed by atoms with E-state index in [9.17, 15) is 9.18 Å². The molecule has 0 bridgehead atoms. The van der Waals surface area contributed by atoms with E-state index in [-0.39, 0.29) is 23.9 Å². The molecule has 1 aliphatic rings. The van der Waals surface area contributed by atoms with Crippen LogP contribution in [0.4, 0.5) is 9.18 Å². The van der Waals surface area contributed by atoms with Gasteiger partial charge in [0.05, 0.1) is 18.3 Å². The second-order valence-corrected chi connectivity index (χ2v) is 6.48. The van der Waals surface area contributed by atoms with Gasteiger partial charge in [-0.05, 0) is 43.9 Å². The lowest BCUT2D eigenvalue weighted by molar-refractivity contribution is 0.189. The fourth-order valence-corrected chi connectivity index (χ4v) is 3.20. The van der Waals surface area contributed by atoms with Gasteiger partial charge in [-0.15, -0.1) is 0 Å². The summed E-state index contributed by atoms with van der Waals surface area (Å²) in [5, 5.41) is 7.18. The first-order chi connectivity index (χ1) is 11.5. The summed E-state index contributed by atoms with van der Waals surface area (Å²) in [7, 11) is 1.87. The van der Waals surface area contributed by atoms with Crippen LogP contribution in [-0.4, -0.2) is 27.3 Å². The van der Waals surface area contributed by atoms with Gasteiger partial charge in [0.1, 0.15) is 5.82 Å².